The van der Waals surface area contributed by atoms with Crippen LogP contribution < -0.4 is 5.32 Å². The minimum atomic E-state index is 0.0674. The fraction of sp³-hybridized carbons (Fsp3) is 0.500. The second kappa shape index (κ2) is 5.25. The Hall–Kier alpha value is -1.16. The minimum absolute atomic E-state index is 0.0674. The van der Waals surface area contributed by atoms with E-state index in [0.717, 1.165) is 18.4 Å². The summed E-state index contributed by atoms with van der Waals surface area (Å²) >= 11 is 1.60. The van der Waals surface area contributed by atoms with Crippen molar-refractivity contribution in [1.29, 1.82) is 0 Å². The highest BCUT2D eigenvalue weighted by molar-refractivity contribution is 7.07. The van der Waals surface area contributed by atoms with Crippen molar-refractivity contribution in [2.24, 2.45) is 0 Å². The monoisotopic (exact) mass is 237 g/mol. The number of ketones is 1. The van der Waals surface area contributed by atoms with Crippen LogP contribution in [0.1, 0.15) is 31.2 Å². The Bertz CT molecular complexity index is 362. The first-order valence-corrected chi connectivity index (χ1v) is 6.50. The molecule has 0 spiro atoms. The average molecular weight is 237 g/mol. The molecule has 1 saturated carbocycles. The van der Waals surface area contributed by atoms with Gasteiger partial charge in [-0.15, -0.1) is 0 Å². The molecule has 0 unspecified atom stereocenters. The molecule has 1 aromatic heterocycles. The predicted molar refractivity (Wildman–Crippen MR) is 63.4 cm³/mol. The van der Waals surface area contributed by atoms with Gasteiger partial charge in [-0.3, -0.25) is 9.59 Å². The van der Waals surface area contributed by atoms with E-state index in [0.29, 0.717) is 25.0 Å². The van der Waals surface area contributed by atoms with Crippen molar-refractivity contribution >= 4 is 23.0 Å². The van der Waals surface area contributed by atoms with Crippen LogP contribution in [0.5, 0.6) is 0 Å². The van der Waals surface area contributed by atoms with Crippen LogP contribution in [0.15, 0.2) is 16.8 Å². The van der Waals surface area contributed by atoms with Crippen LogP contribution in [0.25, 0.3) is 0 Å². The lowest BCUT2D eigenvalue weighted by Gasteiger charge is -2.22. The molecule has 1 aliphatic carbocycles. The largest absolute Gasteiger partial charge is 0.353 e. The lowest BCUT2D eigenvalue weighted by Crippen LogP contribution is -2.38. The number of nitrogens with one attached hydrogen (secondary N) is 1. The van der Waals surface area contributed by atoms with Crippen molar-refractivity contribution in [3.8, 4) is 0 Å². The van der Waals surface area contributed by atoms with Gasteiger partial charge in [-0.1, -0.05) is 0 Å². The second-order valence-electron chi connectivity index (χ2n) is 4.19. The molecule has 2 rings (SSSR count). The third kappa shape index (κ3) is 3.17. The maximum Gasteiger partial charge on any atom is 0.224 e. The van der Waals surface area contributed by atoms with Crippen molar-refractivity contribution in [3.05, 3.63) is 22.4 Å². The van der Waals surface area contributed by atoms with Crippen LogP contribution in [0.2, 0.25) is 0 Å². The zero-order valence-electron chi connectivity index (χ0n) is 9.07. The highest BCUT2D eigenvalue weighted by Gasteiger charge is 2.20. The number of hydrogen-bond donors (Lipinski definition) is 1. The SMILES string of the molecule is O=C1CCC(NC(=O)Cc2ccsc2)CC1. The van der Waals surface area contributed by atoms with Gasteiger partial charge in [-0.25, -0.2) is 0 Å². The quantitative estimate of drug-likeness (QED) is 0.873. The van der Waals surface area contributed by atoms with E-state index in [1.165, 1.54) is 0 Å². The topological polar surface area (TPSA) is 46.2 Å². The first-order chi connectivity index (χ1) is 7.74. The Morgan fingerprint density at radius 1 is 1.44 bits per heavy atom. The molecule has 1 amide bonds. The molecule has 0 bridgehead atoms. The third-order valence-electron chi connectivity index (χ3n) is 2.85. The normalized spacial score (nSPS) is 17.4. The fourth-order valence-corrected chi connectivity index (χ4v) is 2.61. The van der Waals surface area contributed by atoms with E-state index in [1.54, 1.807) is 11.3 Å². The fourth-order valence-electron chi connectivity index (χ4n) is 1.94. The Kier molecular flexibility index (Phi) is 3.72. The van der Waals surface area contributed by atoms with Crippen LogP contribution in [-0.4, -0.2) is 17.7 Å². The summed E-state index contributed by atoms with van der Waals surface area (Å²) in [5, 5.41) is 6.96. The summed E-state index contributed by atoms with van der Waals surface area (Å²) in [5.74, 6) is 0.390. The van der Waals surface area contributed by atoms with E-state index < -0.39 is 0 Å². The van der Waals surface area contributed by atoms with E-state index in [-0.39, 0.29) is 11.9 Å². The van der Waals surface area contributed by atoms with E-state index in [9.17, 15) is 9.59 Å². The van der Waals surface area contributed by atoms with Gasteiger partial charge in [0.1, 0.15) is 5.78 Å². The summed E-state index contributed by atoms with van der Waals surface area (Å²) in [6, 6.07) is 2.16. The average Bonchev–Trinajstić information content (AvgIpc) is 2.74. The van der Waals surface area contributed by atoms with Crippen molar-refractivity contribution < 1.29 is 9.59 Å². The Morgan fingerprint density at radius 3 is 2.81 bits per heavy atom. The zero-order chi connectivity index (χ0) is 11.4. The standard InChI is InChI=1S/C12H15NO2S/c14-11-3-1-10(2-4-11)13-12(15)7-9-5-6-16-8-9/h5-6,8,10H,1-4,7H2,(H,13,15). The summed E-state index contributed by atoms with van der Waals surface area (Å²) in [7, 11) is 0. The molecule has 0 aliphatic heterocycles. The molecule has 3 nitrogen and oxygen atoms in total. The number of hydrogen-bond acceptors (Lipinski definition) is 3. The number of carbonyl (C=O) groups is 2. The van der Waals surface area contributed by atoms with Gasteiger partial charge < -0.3 is 5.32 Å². The summed E-state index contributed by atoms with van der Waals surface area (Å²) in [5.41, 5.74) is 1.06. The lowest BCUT2D eigenvalue weighted by atomic mass is 9.94. The molecule has 0 radical (unpaired) electrons. The molecule has 86 valence electrons. The van der Waals surface area contributed by atoms with Gasteiger partial charge in [0.25, 0.3) is 0 Å². The highest BCUT2D eigenvalue weighted by atomic mass is 32.1. The van der Waals surface area contributed by atoms with E-state index in [2.05, 4.69) is 5.32 Å². The number of thiophene rings is 1. The first-order valence-electron chi connectivity index (χ1n) is 5.56. The molecule has 1 aromatic rings. The molecule has 1 heterocycles. The summed E-state index contributed by atoms with van der Waals surface area (Å²) < 4.78 is 0. The first kappa shape index (κ1) is 11.3. The van der Waals surface area contributed by atoms with Gasteiger partial charge in [0.05, 0.1) is 6.42 Å². The number of rotatable bonds is 3. The molecule has 1 fully saturated rings. The Morgan fingerprint density at radius 2 is 2.19 bits per heavy atom. The summed E-state index contributed by atoms with van der Waals surface area (Å²) in [6.45, 7) is 0. The third-order valence-corrected chi connectivity index (χ3v) is 3.59. The molecular formula is C12H15NO2S. The maximum atomic E-state index is 11.7. The minimum Gasteiger partial charge on any atom is -0.353 e. The molecule has 0 aromatic carbocycles. The van der Waals surface area contributed by atoms with Gasteiger partial charge in [-0.2, -0.15) is 11.3 Å². The van der Waals surface area contributed by atoms with Crippen LogP contribution in [0, 0.1) is 0 Å². The van der Waals surface area contributed by atoms with Gasteiger partial charge >= 0.3 is 0 Å². The predicted octanol–water partition coefficient (Wildman–Crippen LogP) is 1.92. The van der Waals surface area contributed by atoms with Crippen LogP contribution >= 0.6 is 11.3 Å². The molecule has 0 atom stereocenters. The van der Waals surface area contributed by atoms with Crippen molar-refractivity contribution in [2.45, 2.75) is 38.1 Å². The number of amides is 1. The second-order valence-corrected chi connectivity index (χ2v) is 4.97. The van der Waals surface area contributed by atoms with Crippen molar-refractivity contribution in [1.82, 2.24) is 5.32 Å². The summed E-state index contributed by atoms with van der Waals surface area (Å²) in [6.07, 6.45) is 3.28. The van der Waals surface area contributed by atoms with Crippen LogP contribution in [0.4, 0.5) is 0 Å². The molecule has 0 saturated heterocycles. The molecular weight excluding hydrogens is 222 g/mol. The van der Waals surface area contributed by atoms with Gasteiger partial charge in [0.15, 0.2) is 0 Å². The highest BCUT2D eigenvalue weighted by Crippen LogP contribution is 2.15. The number of carbonyl (C=O) groups excluding carboxylic acids is 2. The van der Waals surface area contributed by atoms with Crippen molar-refractivity contribution in [2.75, 3.05) is 0 Å². The Labute approximate surface area is 98.9 Å². The van der Waals surface area contributed by atoms with Crippen LogP contribution in [0.3, 0.4) is 0 Å². The number of Topliss-reactive ketones (excluding diaryl/α,β-unsaturated/α-hetero) is 1. The molecule has 16 heavy (non-hydrogen) atoms. The molecule has 1 N–H and O–H groups in total. The van der Waals surface area contributed by atoms with Gasteiger partial charge in [0.2, 0.25) is 5.91 Å². The van der Waals surface area contributed by atoms with Crippen molar-refractivity contribution in [3.63, 3.8) is 0 Å². The summed E-state index contributed by atoms with van der Waals surface area (Å²) in [4.78, 5) is 22.7. The lowest BCUT2D eigenvalue weighted by molar-refractivity contribution is -0.124. The van der Waals surface area contributed by atoms with E-state index in [1.807, 2.05) is 16.8 Å². The van der Waals surface area contributed by atoms with E-state index in [4.69, 9.17) is 0 Å². The molecule has 1 aliphatic rings. The van der Waals surface area contributed by atoms with Crippen LogP contribution in [-0.2, 0) is 16.0 Å². The van der Waals surface area contributed by atoms with Gasteiger partial charge in [0, 0.05) is 18.9 Å². The van der Waals surface area contributed by atoms with Gasteiger partial charge in [-0.05, 0) is 35.2 Å². The molecule has 4 heteroatoms. The Balaban J connectivity index is 1.77. The maximum absolute atomic E-state index is 11.7. The smallest absolute Gasteiger partial charge is 0.224 e. The zero-order valence-corrected chi connectivity index (χ0v) is 9.89. The van der Waals surface area contributed by atoms with E-state index >= 15 is 0 Å².